The maximum Gasteiger partial charge on any atom is 0.172 e. The van der Waals surface area contributed by atoms with Crippen LogP contribution in [-0.4, -0.2) is 26.5 Å². The smallest absolute Gasteiger partial charge is 0.172 e. The summed E-state index contributed by atoms with van der Waals surface area (Å²) in [7, 11) is 0. The minimum atomic E-state index is -0.258. The number of phenolic OH excluding ortho intramolecular Hbond substituents is 2. The number of phenols is 2. The van der Waals surface area contributed by atoms with Crippen LogP contribution in [0, 0.1) is 0 Å². The fraction of sp³-hybridized carbons (Fsp3) is 0.417. The van der Waals surface area contributed by atoms with E-state index in [1.54, 1.807) is 11.8 Å². The second-order valence-corrected chi connectivity index (χ2v) is 6.33. The highest BCUT2D eigenvalue weighted by Gasteiger charge is 2.15. The Morgan fingerprint density at radius 2 is 1.88 bits per heavy atom. The van der Waals surface area contributed by atoms with Gasteiger partial charge in [0.1, 0.15) is 0 Å². The normalized spacial score (nSPS) is 11.4. The van der Waals surface area contributed by atoms with Gasteiger partial charge in [0.25, 0.3) is 0 Å². The number of rotatable bonds is 3. The van der Waals surface area contributed by atoms with E-state index in [0.717, 1.165) is 0 Å². The molecule has 0 spiro atoms. The topological polar surface area (TPSA) is 57.5 Å². The molecule has 1 aromatic carbocycles. The molecule has 0 saturated carbocycles. The molecule has 0 aliphatic rings. The summed E-state index contributed by atoms with van der Waals surface area (Å²) in [4.78, 5) is 11.7. The van der Waals surface area contributed by atoms with E-state index in [2.05, 4.69) is 0 Å². The van der Waals surface area contributed by atoms with E-state index in [-0.39, 0.29) is 22.0 Å². The predicted molar refractivity (Wildman–Crippen MR) is 66.3 cm³/mol. The van der Waals surface area contributed by atoms with Crippen LogP contribution in [0.4, 0.5) is 0 Å². The van der Waals surface area contributed by atoms with Crippen LogP contribution in [0.5, 0.6) is 11.5 Å². The van der Waals surface area contributed by atoms with E-state index in [1.165, 1.54) is 18.2 Å². The summed E-state index contributed by atoms with van der Waals surface area (Å²) < 4.78 is 0.0363. The molecular formula is C12H16O3S. The molecule has 0 aromatic heterocycles. The number of thioether (sulfide) groups is 1. The summed E-state index contributed by atoms with van der Waals surface area (Å²) in [6, 6.07) is 4.13. The molecule has 4 heteroatoms. The molecule has 0 aliphatic heterocycles. The van der Waals surface area contributed by atoms with Crippen molar-refractivity contribution in [3.05, 3.63) is 23.8 Å². The average Bonchev–Trinajstić information content (AvgIpc) is 2.17. The van der Waals surface area contributed by atoms with Crippen LogP contribution in [0.1, 0.15) is 31.1 Å². The summed E-state index contributed by atoms with van der Waals surface area (Å²) in [5.74, 6) is -0.143. The molecule has 0 radical (unpaired) electrons. The van der Waals surface area contributed by atoms with Gasteiger partial charge >= 0.3 is 0 Å². The lowest BCUT2D eigenvalue weighted by atomic mass is 10.1. The molecule has 2 N–H and O–H groups in total. The number of hydrogen-bond acceptors (Lipinski definition) is 4. The summed E-state index contributed by atoms with van der Waals surface area (Å²) >= 11 is 1.55. The summed E-state index contributed by atoms with van der Waals surface area (Å²) in [5, 5.41) is 18.4. The number of Topliss-reactive ketones (excluding diaryl/α,β-unsaturated/α-hetero) is 1. The molecule has 1 rings (SSSR count). The van der Waals surface area contributed by atoms with Crippen LogP contribution in [0.25, 0.3) is 0 Å². The molecule has 16 heavy (non-hydrogen) atoms. The zero-order valence-corrected chi connectivity index (χ0v) is 10.5. The lowest BCUT2D eigenvalue weighted by molar-refractivity contribution is 0.102. The zero-order chi connectivity index (χ0) is 12.3. The van der Waals surface area contributed by atoms with Gasteiger partial charge in [0.15, 0.2) is 17.3 Å². The van der Waals surface area contributed by atoms with E-state index in [1.807, 2.05) is 20.8 Å². The summed E-state index contributed by atoms with van der Waals surface area (Å²) in [6.07, 6.45) is 0. The summed E-state index contributed by atoms with van der Waals surface area (Å²) in [5.41, 5.74) is 0.423. The first-order chi connectivity index (χ1) is 7.29. The van der Waals surface area contributed by atoms with Crippen LogP contribution in [0.3, 0.4) is 0 Å². The van der Waals surface area contributed by atoms with Crippen molar-refractivity contribution in [2.24, 2.45) is 0 Å². The number of aromatic hydroxyl groups is 2. The molecule has 0 aliphatic carbocycles. The van der Waals surface area contributed by atoms with E-state index in [9.17, 15) is 9.90 Å². The first kappa shape index (κ1) is 12.9. The van der Waals surface area contributed by atoms with Crippen molar-refractivity contribution >= 4 is 17.5 Å². The maximum atomic E-state index is 11.7. The highest BCUT2D eigenvalue weighted by molar-refractivity contribution is 8.01. The fourth-order valence-electron chi connectivity index (χ4n) is 1.06. The summed E-state index contributed by atoms with van der Waals surface area (Å²) in [6.45, 7) is 6.12. The third kappa shape index (κ3) is 3.77. The molecule has 0 atom stereocenters. The van der Waals surface area contributed by atoms with Gasteiger partial charge < -0.3 is 10.2 Å². The minimum absolute atomic E-state index is 0.0363. The van der Waals surface area contributed by atoms with Crippen LogP contribution in [-0.2, 0) is 0 Å². The SMILES string of the molecule is CC(C)(C)SCC(=O)c1ccc(O)c(O)c1. The standard InChI is InChI=1S/C12H16O3S/c1-12(2,3)16-7-11(15)8-4-5-9(13)10(14)6-8/h4-6,13-14H,7H2,1-3H3. The van der Waals surface area contributed by atoms with Crippen LogP contribution in [0.15, 0.2) is 18.2 Å². The lowest BCUT2D eigenvalue weighted by Crippen LogP contribution is -2.13. The molecule has 0 fully saturated rings. The quantitative estimate of drug-likeness (QED) is 0.630. The van der Waals surface area contributed by atoms with Crippen LogP contribution < -0.4 is 0 Å². The average molecular weight is 240 g/mol. The Balaban J connectivity index is 2.70. The molecule has 0 heterocycles. The van der Waals surface area contributed by atoms with Crippen molar-refractivity contribution in [3.8, 4) is 11.5 Å². The Bertz CT molecular complexity index is 394. The van der Waals surface area contributed by atoms with Gasteiger partial charge in [0.2, 0.25) is 0 Å². The molecule has 88 valence electrons. The van der Waals surface area contributed by atoms with Crippen LogP contribution in [0.2, 0.25) is 0 Å². The van der Waals surface area contributed by atoms with E-state index in [0.29, 0.717) is 11.3 Å². The van der Waals surface area contributed by atoms with Gasteiger partial charge in [0.05, 0.1) is 5.75 Å². The van der Waals surface area contributed by atoms with Crippen molar-refractivity contribution in [3.63, 3.8) is 0 Å². The van der Waals surface area contributed by atoms with Crippen molar-refractivity contribution in [2.75, 3.05) is 5.75 Å². The van der Waals surface area contributed by atoms with Gasteiger partial charge in [-0.15, -0.1) is 11.8 Å². The second-order valence-electron chi connectivity index (χ2n) is 4.53. The van der Waals surface area contributed by atoms with Crippen molar-refractivity contribution in [2.45, 2.75) is 25.5 Å². The number of hydrogen-bond donors (Lipinski definition) is 2. The Kier molecular flexibility index (Phi) is 3.86. The highest BCUT2D eigenvalue weighted by atomic mass is 32.2. The lowest BCUT2D eigenvalue weighted by Gasteiger charge is -2.16. The molecule has 3 nitrogen and oxygen atoms in total. The Morgan fingerprint density at radius 3 is 2.38 bits per heavy atom. The number of benzene rings is 1. The van der Waals surface area contributed by atoms with Gasteiger partial charge in [-0.25, -0.2) is 0 Å². The Hall–Kier alpha value is -1.16. The maximum absolute atomic E-state index is 11.7. The zero-order valence-electron chi connectivity index (χ0n) is 9.65. The van der Waals surface area contributed by atoms with Gasteiger partial charge in [-0.2, -0.15) is 0 Å². The van der Waals surface area contributed by atoms with E-state index < -0.39 is 0 Å². The molecule has 1 aromatic rings. The third-order valence-corrected chi connectivity index (χ3v) is 3.21. The molecular weight excluding hydrogens is 224 g/mol. The third-order valence-electron chi connectivity index (χ3n) is 1.93. The van der Waals surface area contributed by atoms with E-state index in [4.69, 9.17) is 5.11 Å². The van der Waals surface area contributed by atoms with Gasteiger partial charge in [-0.1, -0.05) is 20.8 Å². The number of ketones is 1. The number of carbonyl (C=O) groups excluding carboxylic acids is 1. The monoisotopic (exact) mass is 240 g/mol. The minimum Gasteiger partial charge on any atom is -0.504 e. The molecule has 0 saturated heterocycles. The van der Waals surface area contributed by atoms with Crippen molar-refractivity contribution in [1.82, 2.24) is 0 Å². The van der Waals surface area contributed by atoms with Crippen molar-refractivity contribution in [1.29, 1.82) is 0 Å². The molecule has 0 bridgehead atoms. The van der Waals surface area contributed by atoms with Gasteiger partial charge in [0, 0.05) is 10.3 Å². The Labute approximate surface area is 99.5 Å². The van der Waals surface area contributed by atoms with E-state index >= 15 is 0 Å². The first-order valence-electron chi connectivity index (χ1n) is 4.99. The second kappa shape index (κ2) is 4.78. The van der Waals surface area contributed by atoms with Crippen molar-refractivity contribution < 1.29 is 15.0 Å². The number of carbonyl (C=O) groups is 1. The predicted octanol–water partition coefficient (Wildman–Crippen LogP) is 2.81. The largest absolute Gasteiger partial charge is 0.504 e. The molecule has 0 unspecified atom stereocenters. The van der Waals surface area contributed by atoms with Gasteiger partial charge in [-0.3, -0.25) is 4.79 Å². The fourth-order valence-corrected chi connectivity index (χ4v) is 1.79. The first-order valence-corrected chi connectivity index (χ1v) is 5.97. The highest BCUT2D eigenvalue weighted by Crippen LogP contribution is 2.27. The molecule has 0 amide bonds. The van der Waals surface area contributed by atoms with Crippen LogP contribution >= 0.6 is 11.8 Å². The van der Waals surface area contributed by atoms with Gasteiger partial charge in [-0.05, 0) is 18.2 Å². The Morgan fingerprint density at radius 1 is 1.25 bits per heavy atom.